The third-order valence-electron chi connectivity index (χ3n) is 8.26. The summed E-state index contributed by atoms with van der Waals surface area (Å²) >= 11 is 3.20. The van der Waals surface area contributed by atoms with E-state index >= 15 is 0 Å². The Hall–Kier alpha value is -4.11. The van der Waals surface area contributed by atoms with E-state index in [9.17, 15) is 34.2 Å². The van der Waals surface area contributed by atoms with Crippen LogP contribution in [0.1, 0.15) is 40.2 Å². The number of carbonyl (C=O) groups is 5. The lowest BCUT2D eigenvalue weighted by Crippen LogP contribution is -2.39. The number of anilines is 1. The number of aromatic carboxylic acids is 1. The molecule has 0 saturated carbocycles. The van der Waals surface area contributed by atoms with E-state index in [0.29, 0.717) is 11.1 Å². The van der Waals surface area contributed by atoms with Gasteiger partial charge in [-0.2, -0.15) is 0 Å². The van der Waals surface area contributed by atoms with Gasteiger partial charge in [0.2, 0.25) is 11.8 Å². The second kappa shape index (κ2) is 8.98. The van der Waals surface area contributed by atoms with Gasteiger partial charge in [-0.15, -0.1) is 0 Å². The zero-order valence-electron chi connectivity index (χ0n) is 20.7. The topological polar surface area (TPSA) is 129 Å². The van der Waals surface area contributed by atoms with Gasteiger partial charge in [0.15, 0.2) is 11.6 Å². The van der Waals surface area contributed by atoms with Crippen molar-refractivity contribution < 1.29 is 34.2 Å². The quantitative estimate of drug-likeness (QED) is 0.310. The first kappa shape index (κ1) is 25.2. The van der Waals surface area contributed by atoms with Crippen LogP contribution >= 0.6 is 15.9 Å². The van der Waals surface area contributed by atoms with Gasteiger partial charge in [0.25, 0.3) is 0 Å². The van der Waals surface area contributed by atoms with Crippen molar-refractivity contribution in [1.82, 2.24) is 0 Å². The number of carbonyl (C=O) groups excluding carboxylic acids is 4. The average Bonchev–Trinajstić information content (AvgIpc) is 3.17. The Bertz CT molecular complexity index is 1630. The molecule has 0 spiro atoms. The molecular formula is C30H22BrNO7. The first-order chi connectivity index (χ1) is 18.6. The number of halogens is 1. The number of phenolic OH excluding ortho intramolecular Hbond substituents is 1. The lowest BCUT2D eigenvalue weighted by atomic mass is 9.59. The second-order valence-corrected chi connectivity index (χ2v) is 11.1. The molecular weight excluding hydrogens is 566 g/mol. The minimum atomic E-state index is -1.18. The number of amides is 2. The maximum atomic E-state index is 13.9. The van der Waals surface area contributed by atoms with Crippen LogP contribution in [0.2, 0.25) is 0 Å². The van der Waals surface area contributed by atoms with E-state index in [1.807, 2.05) is 6.08 Å². The van der Waals surface area contributed by atoms with Gasteiger partial charge in [0, 0.05) is 28.7 Å². The number of carboxylic acids is 1. The number of imide groups is 1. The van der Waals surface area contributed by atoms with Crippen molar-refractivity contribution in [2.24, 2.45) is 17.8 Å². The summed E-state index contributed by atoms with van der Waals surface area (Å²) in [5.41, 5.74) is 2.49. The molecule has 8 nitrogen and oxygen atoms in total. The maximum Gasteiger partial charge on any atom is 0.335 e. The summed E-state index contributed by atoms with van der Waals surface area (Å²) in [5, 5.41) is 20.4. The minimum absolute atomic E-state index is 0.00725. The van der Waals surface area contributed by atoms with Crippen LogP contribution in [0.5, 0.6) is 5.75 Å². The number of aromatic hydroxyl groups is 1. The van der Waals surface area contributed by atoms with E-state index in [0.717, 1.165) is 10.5 Å². The Morgan fingerprint density at radius 1 is 1.03 bits per heavy atom. The molecule has 2 amide bonds. The molecule has 1 heterocycles. The third-order valence-corrected chi connectivity index (χ3v) is 8.85. The number of Topliss-reactive ketones (excluding diaryl/α,β-unsaturated/α-hetero) is 1. The number of nitrogens with zero attached hydrogens (tertiary/aromatic N) is 1. The number of rotatable bonds is 3. The molecule has 6 rings (SSSR count). The summed E-state index contributed by atoms with van der Waals surface area (Å²) in [6.45, 7) is 1.74. The number of aryl methyl sites for hydroxylation is 1. The van der Waals surface area contributed by atoms with Gasteiger partial charge in [-0.3, -0.25) is 24.1 Å². The highest BCUT2D eigenvalue weighted by Gasteiger charge is 2.57. The van der Waals surface area contributed by atoms with Crippen molar-refractivity contribution >= 4 is 51.0 Å². The average molecular weight is 588 g/mol. The van der Waals surface area contributed by atoms with Gasteiger partial charge in [0.1, 0.15) is 5.75 Å². The number of hydrogen-bond donors (Lipinski definition) is 2. The normalized spacial score (nSPS) is 26.2. The molecule has 4 unspecified atom stereocenters. The second-order valence-electron chi connectivity index (χ2n) is 10.3. The number of fused-ring (bicyclic) bond motifs is 3. The molecule has 196 valence electrons. The zero-order chi connectivity index (χ0) is 27.7. The van der Waals surface area contributed by atoms with E-state index < -0.39 is 41.5 Å². The molecule has 4 atom stereocenters. The number of benzene rings is 2. The van der Waals surface area contributed by atoms with Gasteiger partial charge < -0.3 is 10.2 Å². The van der Waals surface area contributed by atoms with E-state index in [2.05, 4.69) is 15.9 Å². The van der Waals surface area contributed by atoms with E-state index in [4.69, 9.17) is 0 Å². The van der Waals surface area contributed by atoms with Gasteiger partial charge in [-0.25, -0.2) is 4.79 Å². The molecule has 1 aliphatic heterocycles. The Balaban J connectivity index is 1.49. The Morgan fingerprint density at radius 2 is 1.77 bits per heavy atom. The predicted octanol–water partition coefficient (Wildman–Crippen LogP) is 4.37. The summed E-state index contributed by atoms with van der Waals surface area (Å²) < 4.78 is 0.124. The third kappa shape index (κ3) is 3.67. The van der Waals surface area contributed by atoms with Crippen molar-refractivity contribution in [3.63, 3.8) is 0 Å². The van der Waals surface area contributed by atoms with E-state index in [1.54, 1.807) is 25.1 Å². The fourth-order valence-corrected chi connectivity index (χ4v) is 6.96. The van der Waals surface area contributed by atoms with Crippen molar-refractivity contribution in [1.29, 1.82) is 0 Å². The molecule has 2 aromatic rings. The summed E-state index contributed by atoms with van der Waals surface area (Å²) in [6.07, 6.45) is 3.45. The van der Waals surface area contributed by atoms with Crippen LogP contribution in [0.25, 0.3) is 0 Å². The fraction of sp³-hybridized carbons (Fsp3) is 0.233. The van der Waals surface area contributed by atoms with Crippen molar-refractivity contribution in [2.75, 3.05) is 4.90 Å². The van der Waals surface area contributed by atoms with E-state index in [-0.39, 0.29) is 57.0 Å². The molecule has 0 bridgehead atoms. The number of ketones is 2. The summed E-state index contributed by atoms with van der Waals surface area (Å²) in [5.74, 6) is -5.57. The van der Waals surface area contributed by atoms with Crippen LogP contribution in [-0.4, -0.2) is 39.6 Å². The Kier molecular flexibility index (Phi) is 5.80. The molecule has 3 aliphatic carbocycles. The van der Waals surface area contributed by atoms with Crippen LogP contribution in [0.15, 0.2) is 75.8 Å². The monoisotopic (exact) mass is 587 g/mol. The molecule has 1 saturated heterocycles. The lowest BCUT2D eigenvalue weighted by Gasteiger charge is -2.42. The fourth-order valence-electron chi connectivity index (χ4n) is 6.51. The summed E-state index contributed by atoms with van der Waals surface area (Å²) in [6, 6.07) is 10.9. The summed E-state index contributed by atoms with van der Waals surface area (Å²) in [7, 11) is 0. The summed E-state index contributed by atoms with van der Waals surface area (Å²) in [4.78, 5) is 66.6. The number of para-hydroxylation sites is 1. The highest BCUT2D eigenvalue weighted by Crippen LogP contribution is 2.56. The van der Waals surface area contributed by atoms with Crippen LogP contribution < -0.4 is 4.90 Å². The number of allylic oxidation sites excluding steroid dienone is 6. The van der Waals surface area contributed by atoms with Crippen LogP contribution in [-0.2, 0) is 19.2 Å². The molecule has 9 heteroatoms. The first-order valence-electron chi connectivity index (χ1n) is 12.5. The smallest absolute Gasteiger partial charge is 0.335 e. The van der Waals surface area contributed by atoms with Crippen LogP contribution in [0, 0.1) is 24.7 Å². The highest BCUT2D eigenvalue weighted by atomic mass is 79.9. The molecule has 4 aliphatic rings. The van der Waals surface area contributed by atoms with Gasteiger partial charge in [-0.05, 0) is 65.4 Å². The standard InChI is InChI=1S/C30H22BrNO7/c1-13-4-2-7-17(26(13)34)23-16-8-9-18-24(19(16)11-20-25(23)22(33)12-21(31)27(20)35)29(37)32(28(18)36)15-6-3-5-14(10-15)30(38)39/h2-8,10,12,18-19,23-24,34H,9,11H2,1H3,(H,38,39). The molecule has 0 aromatic heterocycles. The van der Waals surface area contributed by atoms with E-state index in [1.165, 1.54) is 30.3 Å². The first-order valence-corrected chi connectivity index (χ1v) is 13.3. The zero-order valence-corrected chi connectivity index (χ0v) is 22.3. The van der Waals surface area contributed by atoms with Gasteiger partial charge in [0.05, 0.1) is 27.6 Å². The van der Waals surface area contributed by atoms with Gasteiger partial charge >= 0.3 is 5.97 Å². The Labute approximate surface area is 231 Å². The van der Waals surface area contributed by atoms with Crippen molar-refractivity contribution in [3.8, 4) is 5.75 Å². The SMILES string of the molecule is Cc1cccc(C2C3=CCC4C(=O)N(c5cccc(C(=O)O)c5)C(=O)C4C3CC3=C2C(=O)C=C(Br)C3=O)c1O. The van der Waals surface area contributed by atoms with Gasteiger partial charge in [-0.1, -0.05) is 35.9 Å². The molecule has 2 N–H and O–H groups in total. The Morgan fingerprint density at radius 3 is 2.51 bits per heavy atom. The largest absolute Gasteiger partial charge is 0.507 e. The van der Waals surface area contributed by atoms with Crippen molar-refractivity contribution in [3.05, 3.63) is 92.5 Å². The highest BCUT2D eigenvalue weighted by molar-refractivity contribution is 9.12. The number of carboxylic acid groups (broad SMARTS) is 1. The molecule has 0 radical (unpaired) electrons. The number of phenols is 1. The molecule has 39 heavy (non-hydrogen) atoms. The van der Waals surface area contributed by atoms with Crippen molar-refractivity contribution in [2.45, 2.75) is 25.7 Å². The van der Waals surface area contributed by atoms with Crippen LogP contribution in [0.4, 0.5) is 5.69 Å². The maximum absolute atomic E-state index is 13.9. The number of hydrogen-bond acceptors (Lipinski definition) is 6. The lowest BCUT2D eigenvalue weighted by molar-refractivity contribution is -0.123. The predicted molar refractivity (Wildman–Crippen MR) is 143 cm³/mol. The molecule has 2 aromatic carbocycles. The molecule has 1 fully saturated rings. The van der Waals surface area contributed by atoms with Crippen LogP contribution in [0.3, 0.4) is 0 Å². The minimum Gasteiger partial charge on any atom is -0.507 e.